The summed E-state index contributed by atoms with van der Waals surface area (Å²) in [6.45, 7) is 2.94. The van der Waals surface area contributed by atoms with Crippen molar-refractivity contribution in [2.45, 2.75) is 19.9 Å². The van der Waals surface area contributed by atoms with Crippen molar-refractivity contribution in [1.82, 2.24) is 15.3 Å². The summed E-state index contributed by atoms with van der Waals surface area (Å²) in [6.07, 6.45) is 0.761. The Morgan fingerprint density at radius 3 is 2.57 bits per heavy atom. The maximum absolute atomic E-state index is 12.5. The Kier molecular flexibility index (Phi) is 6.57. The zero-order valence-corrected chi connectivity index (χ0v) is 16.1. The zero-order valence-electron chi connectivity index (χ0n) is 16.1. The fourth-order valence-corrected chi connectivity index (χ4v) is 2.85. The number of amides is 1. The number of hydrogen-bond acceptors (Lipinski definition) is 5. The Labute approximate surface area is 165 Å². The van der Waals surface area contributed by atoms with E-state index in [0.717, 1.165) is 29.0 Å². The molecule has 0 bridgehead atoms. The van der Waals surface area contributed by atoms with Crippen LogP contribution < -0.4 is 15.4 Å². The molecule has 3 rings (SSSR count). The lowest BCUT2D eigenvalue weighted by Crippen LogP contribution is -2.24. The van der Waals surface area contributed by atoms with Crippen molar-refractivity contribution in [2.24, 2.45) is 0 Å². The maximum atomic E-state index is 12.5. The third kappa shape index (κ3) is 5.30. The monoisotopic (exact) mass is 376 g/mol. The predicted octanol–water partition coefficient (Wildman–Crippen LogP) is 3.38. The number of para-hydroxylation sites is 1. The van der Waals surface area contributed by atoms with E-state index in [9.17, 15) is 4.79 Å². The summed E-state index contributed by atoms with van der Waals surface area (Å²) < 4.78 is 5.37. The van der Waals surface area contributed by atoms with Gasteiger partial charge in [0.2, 0.25) is 5.95 Å². The minimum absolute atomic E-state index is 0.220. The Balaban J connectivity index is 1.60. The molecular formula is C22H24N4O2. The molecule has 0 spiro atoms. The van der Waals surface area contributed by atoms with Crippen LogP contribution >= 0.6 is 0 Å². The molecule has 144 valence electrons. The van der Waals surface area contributed by atoms with Gasteiger partial charge in [-0.25, -0.2) is 9.97 Å². The molecule has 0 aliphatic rings. The van der Waals surface area contributed by atoms with Gasteiger partial charge in [-0.3, -0.25) is 4.79 Å². The number of carbonyl (C=O) groups is 1. The van der Waals surface area contributed by atoms with Crippen LogP contribution in [0, 0.1) is 6.92 Å². The SMILES string of the molecule is COc1ccccc1CCNc1nc(C)cc(C(=O)NCc2ccccc2)n1. The number of ether oxygens (including phenoxy) is 1. The molecule has 28 heavy (non-hydrogen) atoms. The van der Waals surface area contributed by atoms with E-state index in [1.165, 1.54) is 0 Å². The van der Waals surface area contributed by atoms with Crippen LogP contribution in [0.15, 0.2) is 60.7 Å². The molecule has 3 aromatic rings. The van der Waals surface area contributed by atoms with E-state index in [4.69, 9.17) is 4.74 Å². The number of carbonyl (C=O) groups excluding carboxylic acids is 1. The molecule has 6 nitrogen and oxygen atoms in total. The number of methoxy groups -OCH3 is 1. The van der Waals surface area contributed by atoms with Gasteiger partial charge in [-0.1, -0.05) is 48.5 Å². The van der Waals surface area contributed by atoms with Crippen LogP contribution in [0.1, 0.15) is 27.3 Å². The summed E-state index contributed by atoms with van der Waals surface area (Å²) in [5, 5.41) is 6.09. The Morgan fingerprint density at radius 2 is 1.79 bits per heavy atom. The number of rotatable bonds is 8. The number of aromatic nitrogens is 2. The number of nitrogens with one attached hydrogen (secondary N) is 2. The van der Waals surface area contributed by atoms with Crippen molar-refractivity contribution in [2.75, 3.05) is 19.0 Å². The Bertz CT molecular complexity index is 929. The highest BCUT2D eigenvalue weighted by molar-refractivity contribution is 5.92. The molecule has 0 atom stereocenters. The third-order valence-electron chi connectivity index (χ3n) is 4.25. The van der Waals surface area contributed by atoms with Crippen molar-refractivity contribution in [3.63, 3.8) is 0 Å². The van der Waals surface area contributed by atoms with E-state index in [1.54, 1.807) is 13.2 Å². The summed E-state index contributed by atoms with van der Waals surface area (Å²) in [4.78, 5) is 21.2. The number of nitrogens with zero attached hydrogens (tertiary/aromatic N) is 2. The van der Waals surface area contributed by atoms with Crippen LogP contribution in [0.2, 0.25) is 0 Å². The molecular weight excluding hydrogens is 352 g/mol. The first-order valence-electron chi connectivity index (χ1n) is 9.19. The van der Waals surface area contributed by atoms with Crippen LogP contribution in [0.25, 0.3) is 0 Å². The van der Waals surface area contributed by atoms with Gasteiger partial charge in [-0.15, -0.1) is 0 Å². The summed E-state index contributed by atoms with van der Waals surface area (Å²) in [5.74, 6) is 1.08. The average Bonchev–Trinajstić information content (AvgIpc) is 2.72. The first-order valence-corrected chi connectivity index (χ1v) is 9.19. The Morgan fingerprint density at radius 1 is 1.04 bits per heavy atom. The predicted molar refractivity (Wildman–Crippen MR) is 110 cm³/mol. The minimum atomic E-state index is -0.220. The van der Waals surface area contributed by atoms with Crippen molar-refractivity contribution >= 4 is 11.9 Å². The molecule has 1 amide bonds. The third-order valence-corrected chi connectivity index (χ3v) is 4.25. The van der Waals surface area contributed by atoms with Gasteiger partial charge < -0.3 is 15.4 Å². The molecule has 0 unspecified atom stereocenters. The van der Waals surface area contributed by atoms with Crippen molar-refractivity contribution in [1.29, 1.82) is 0 Å². The molecule has 6 heteroatoms. The van der Waals surface area contributed by atoms with Crippen molar-refractivity contribution in [3.8, 4) is 5.75 Å². The van der Waals surface area contributed by atoms with Crippen LogP contribution in [-0.2, 0) is 13.0 Å². The normalized spacial score (nSPS) is 10.4. The van der Waals surface area contributed by atoms with Crippen LogP contribution in [0.4, 0.5) is 5.95 Å². The summed E-state index contributed by atoms with van der Waals surface area (Å²) in [7, 11) is 1.66. The van der Waals surface area contributed by atoms with E-state index in [-0.39, 0.29) is 5.91 Å². The maximum Gasteiger partial charge on any atom is 0.270 e. The highest BCUT2D eigenvalue weighted by Gasteiger charge is 2.11. The smallest absolute Gasteiger partial charge is 0.270 e. The lowest BCUT2D eigenvalue weighted by Gasteiger charge is -2.10. The fourth-order valence-electron chi connectivity index (χ4n) is 2.85. The lowest BCUT2D eigenvalue weighted by molar-refractivity contribution is 0.0945. The largest absolute Gasteiger partial charge is 0.496 e. The molecule has 1 aromatic heterocycles. The highest BCUT2D eigenvalue weighted by Crippen LogP contribution is 2.17. The van der Waals surface area contributed by atoms with E-state index < -0.39 is 0 Å². The molecule has 0 aliphatic heterocycles. The highest BCUT2D eigenvalue weighted by atomic mass is 16.5. The molecule has 0 saturated carbocycles. The quantitative estimate of drug-likeness (QED) is 0.630. The van der Waals surface area contributed by atoms with E-state index in [0.29, 0.717) is 24.7 Å². The molecule has 0 aliphatic carbocycles. The number of benzene rings is 2. The molecule has 1 heterocycles. The minimum Gasteiger partial charge on any atom is -0.496 e. The second-order valence-electron chi connectivity index (χ2n) is 6.38. The Hall–Kier alpha value is -3.41. The van der Waals surface area contributed by atoms with Gasteiger partial charge in [-0.2, -0.15) is 0 Å². The van der Waals surface area contributed by atoms with Crippen molar-refractivity contribution < 1.29 is 9.53 Å². The molecule has 0 radical (unpaired) electrons. The number of anilines is 1. The van der Waals surface area contributed by atoms with Crippen molar-refractivity contribution in [3.05, 3.63) is 83.2 Å². The standard InChI is InChI=1S/C22H24N4O2/c1-16-14-19(21(27)24-15-17-8-4-3-5-9-17)26-22(25-16)23-13-12-18-10-6-7-11-20(18)28-2/h3-11,14H,12-13,15H2,1-2H3,(H,24,27)(H,23,25,26). The van der Waals surface area contributed by atoms with E-state index in [1.807, 2.05) is 61.5 Å². The molecule has 0 fully saturated rings. The van der Waals surface area contributed by atoms with Gasteiger partial charge in [0.1, 0.15) is 11.4 Å². The molecule has 2 aromatic carbocycles. The lowest BCUT2D eigenvalue weighted by atomic mass is 10.1. The van der Waals surface area contributed by atoms with Gasteiger partial charge in [-0.05, 0) is 36.6 Å². The first kappa shape index (κ1) is 19.4. The molecule has 0 saturated heterocycles. The van der Waals surface area contributed by atoms with Gasteiger partial charge in [0.15, 0.2) is 0 Å². The summed E-state index contributed by atoms with van der Waals surface area (Å²) >= 11 is 0. The fraction of sp³-hybridized carbons (Fsp3) is 0.227. The second-order valence-corrected chi connectivity index (χ2v) is 6.38. The van der Waals surface area contributed by atoms with Gasteiger partial charge >= 0.3 is 0 Å². The summed E-state index contributed by atoms with van der Waals surface area (Å²) in [5.41, 5.74) is 3.23. The average molecular weight is 376 g/mol. The van der Waals surface area contributed by atoms with Crippen LogP contribution in [-0.4, -0.2) is 29.5 Å². The molecule has 2 N–H and O–H groups in total. The van der Waals surface area contributed by atoms with E-state index >= 15 is 0 Å². The van der Waals surface area contributed by atoms with Crippen LogP contribution in [0.5, 0.6) is 5.75 Å². The number of aryl methyl sites for hydroxylation is 1. The second kappa shape index (κ2) is 9.50. The van der Waals surface area contributed by atoms with E-state index in [2.05, 4.69) is 20.6 Å². The summed E-state index contributed by atoms with van der Waals surface area (Å²) in [6, 6.07) is 19.4. The topological polar surface area (TPSA) is 76.1 Å². The van der Waals surface area contributed by atoms with Gasteiger partial charge in [0, 0.05) is 18.8 Å². The zero-order chi connectivity index (χ0) is 19.8. The number of hydrogen-bond donors (Lipinski definition) is 2. The van der Waals surface area contributed by atoms with Gasteiger partial charge in [0.25, 0.3) is 5.91 Å². The van der Waals surface area contributed by atoms with Gasteiger partial charge in [0.05, 0.1) is 7.11 Å². The first-order chi connectivity index (χ1) is 13.7. The van der Waals surface area contributed by atoms with Crippen LogP contribution in [0.3, 0.4) is 0 Å².